The van der Waals surface area contributed by atoms with Gasteiger partial charge in [-0.2, -0.15) is 0 Å². The number of rotatable bonds is 3. The van der Waals surface area contributed by atoms with Crippen LogP contribution in [0.15, 0.2) is 18.2 Å². The molecule has 0 aromatic heterocycles. The summed E-state index contributed by atoms with van der Waals surface area (Å²) in [7, 11) is 0. The molecule has 0 atom stereocenters. The van der Waals surface area contributed by atoms with Crippen LogP contribution in [0.25, 0.3) is 0 Å². The molecule has 0 heterocycles. The molecule has 68 valence electrons. The van der Waals surface area contributed by atoms with Crippen molar-refractivity contribution < 1.29 is 4.79 Å². The lowest BCUT2D eigenvalue weighted by molar-refractivity contribution is 0.112. The van der Waals surface area contributed by atoms with Crippen molar-refractivity contribution in [2.45, 2.75) is 26.2 Å². The van der Waals surface area contributed by atoms with Gasteiger partial charge >= 0.3 is 0 Å². The van der Waals surface area contributed by atoms with Crippen molar-refractivity contribution in [3.05, 3.63) is 34.9 Å². The Bertz CT molecular complexity index is 324. The van der Waals surface area contributed by atoms with Crippen LogP contribution < -0.4 is 0 Å². The van der Waals surface area contributed by atoms with Gasteiger partial charge in [-0.05, 0) is 49.3 Å². The molecular formula is C12H14O. The zero-order chi connectivity index (χ0) is 9.26. The molecule has 1 aliphatic carbocycles. The molecule has 1 nitrogen and oxygen atoms in total. The summed E-state index contributed by atoms with van der Waals surface area (Å²) in [5.74, 6) is 0.917. The van der Waals surface area contributed by atoms with Gasteiger partial charge in [-0.15, -0.1) is 0 Å². The third-order valence-electron chi connectivity index (χ3n) is 2.71. The van der Waals surface area contributed by atoms with E-state index >= 15 is 0 Å². The maximum atomic E-state index is 10.5. The van der Waals surface area contributed by atoms with E-state index in [0.717, 1.165) is 17.8 Å². The van der Waals surface area contributed by atoms with E-state index in [1.54, 1.807) is 0 Å². The highest BCUT2D eigenvalue weighted by Gasteiger charge is 2.21. The van der Waals surface area contributed by atoms with E-state index in [0.29, 0.717) is 0 Å². The number of aldehydes is 1. The molecule has 1 saturated carbocycles. The third kappa shape index (κ3) is 1.97. The lowest BCUT2D eigenvalue weighted by Gasteiger charge is -2.04. The normalized spacial score (nSPS) is 15.8. The second kappa shape index (κ2) is 3.33. The van der Waals surface area contributed by atoms with Crippen molar-refractivity contribution in [1.82, 2.24) is 0 Å². The average Bonchev–Trinajstić information content (AvgIpc) is 2.92. The van der Waals surface area contributed by atoms with Crippen LogP contribution >= 0.6 is 0 Å². The lowest BCUT2D eigenvalue weighted by Crippen LogP contribution is -1.92. The molecule has 1 heteroatoms. The molecule has 0 N–H and O–H groups in total. The average molecular weight is 174 g/mol. The molecule has 1 aliphatic rings. The summed E-state index contributed by atoms with van der Waals surface area (Å²) in [6.45, 7) is 2.09. The van der Waals surface area contributed by atoms with Gasteiger partial charge < -0.3 is 0 Å². The van der Waals surface area contributed by atoms with Crippen LogP contribution in [0.4, 0.5) is 0 Å². The van der Waals surface area contributed by atoms with Gasteiger partial charge in [-0.1, -0.05) is 12.1 Å². The zero-order valence-electron chi connectivity index (χ0n) is 7.92. The molecule has 0 spiro atoms. The lowest BCUT2D eigenvalue weighted by atomic mass is 10.0. The highest BCUT2D eigenvalue weighted by Crippen LogP contribution is 2.33. The smallest absolute Gasteiger partial charge is 0.150 e. The summed E-state index contributed by atoms with van der Waals surface area (Å²) >= 11 is 0. The minimum atomic E-state index is 0.789. The van der Waals surface area contributed by atoms with Gasteiger partial charge in [0.05, 0.1) is 0 Å². The maximum absolute atomic E-state index is 10.5. The third-order valence-corrected chi connectivity index (χ3v) is 2.71. The molecule has 0 radical (unpaired) electrons. The summed E-state index contributed by atoms with van der Waals surface area (Å²) in [6.07, 6.45) is 4.88. The number of carbonyl (C=O) groups excluding carboxylic acids is 1. The molecular weight excluding hydrogens is 160 g/mol. The van der Waals surface area contributed by atoms with E-state index in [2.05, 4.69) is 13.0 Å². The van der Waals surface area contributed by atoms with Crippen LogP contribution in [0.3, 0.4) is 0 Å². The minimum Gasteiger partial charge on any atom is -0.298 e. The maximum Gasteiger partial charge on any atom is 0.150 e. The Labute approximate surface area is 78.8 Å². The van der Waals surface area contributed by atoms with E-state index in [1.165, 1.54) is 30.4 Å². The van der Waals surface area contributed by atoms with Gasteiger partial charge in [-0.3, -0.25) is 4.79 Å². The quantitative estimate of drug-likeness (QED) is 0.644. The molecule has 0 amide bonds. The zero-order valence-corrected chi connectivity index (χ0v) is 7.92. The van der Waals surface area contributed by atoms with Crippen molar-refractivity contribution in [2.75, 3.05) is 0 Å². The van der Waals surface area contributed by atoms with Crippen LogP contribution in [0, 0.1) is 12.8 Å². The van der Waals surface area contributed by atoms with E-state index < -0.39 is 0 Å². The van der Waals surface area contributed by atoms with Crippen molar-refractivity contribution >= 4 is 6.29 Å². The molecule has 2 rings (SSSR count). The first-order valence-electron chi connectivity index (χ1n) is 4.84. The summed E-state index contributed by atoms with van der Waals surface area (Å²) in [5, 5.41) is 0. The van der Waals surface area contributed by atoms with Crippen molar-refractivity contribution in [3.8, 4) is 0 Å². The van der Waals surface area contributed by atoms with Crippen LogP contribution in [0.5, 0.6) is 0 Å². The van der Waals surface area contributed by atoms with E-state index in [1.807, 2.05) is 12.1 Å². The molecule has 13 heavy (non-hydrogen) atoms. The van der Waals surface area contributed by atoms with E-state index in [4.69, 9.17) is 0 Å². The second-order valence-electron chi connectivity index (χ2n) is 3.95. The Morgan fingerprint density at radius 1 is 1.46 bits per heavy atom. The molecule has 0 aliphatic heterocycles. The van der Waals surface area contributed by atoms with Gasteiger partial charge in [0.1, 0.15) is 6.29 Å². The van der Waals surface area contributed by atoms with Gasteiger partial charge in [0, 0.05) is 5.56 Å². The number of aryl methyl sites for hydroxylation is 1. The number of carbonyl (C=O) groups is 1. The van der Waals surface area contributed by atoms with E-state index in [9.17, 15) is 4.79 Å². The first-order chi connectivity index (χ1) is 6.29. The molecule has 0 bridgehead atoms. The fraction of sp³-hybridized carbons (Fsp3) is 0.417. The standard InChI is InChI=1S/C12H14O/c1-9-6-11(8-13)4-5-12(9)7-10-2-3-10/h4-6,8,10H,2-3,7H2,1H3. The Morgan fingerprint density at radius 3 is 2.77 bits per heavy atom. The molecule has 1 fully saturated rings. The van der Waals surface area contributed by atoms with Gasteiger partial charge in [-0.25, -0.2) is 0 Å². The Balaban J connectivity index is 2.20. The SMILES string of the molecule is Cc1cc(C=O)ccc1CC1CC1. The van der Waals surface area contributed by atoms with Crippen molar-refractivity contribution in [2.24, 2.45) is 5.92 Å². The Kier molecular flexibility index (Phi) is 2.17. The molecule has 1 aromatic rings. The first kappa shape index (κ1) is 8.49. The fourth-order valence-corrected chi connectivity index (χ4v) is 1.65. The predicted molar refractivity (Wildman–Crippen MR) is 53.0 cm³/mol. The highest BCUT2D eigenvalue weighted by molar-refractivity contribution is 5.75. The highest BCUT2D eigenvalue weighted by atomic mass is 16.1. The van der Waals surface area contributed by atoms with E-state index in [-0.39, 0.29) is 0 Å². The van der Waals surface area contributed by atoms with Crippen LogP contribution in [0.2, 0.25) is 0 Å². The summed E-state index contributed by atoms with van der Waals surface area (Å²) < 4.78 is 0. The van der Waals surface area contributed by atoms with Crippen LogP contribution in [-0.2, 0) is 6.42 Å². The van der Waals surface area contributed by atoms with Gasteiger partial charge in [0.2, 0.25) is 0 Å². The largest absolute Gasteiger partial charge is 0.298 e. The number of hydrogen-bond donors (Lipinski definition) is 0. The summed E-state index contributed by atoms with van der Waals surface area (Å²) in [5.41, 5.74) is 3.46. The monoisotopic (exact) mass is 174 g/mol. The topological polar surface area (TPSA) is 17.1 Å². The van der Waals surface area contributed by atoms with Crippen LogP contribution in [-0.4, -0.2) is 6.29 Å². The summed E-state index contributed by atoms with van der Waals surface area (Å²) in [6, 6.07) is 5.99. The Morgan fingerprint density at radius 2 is 2.23 bits per heavy atom. The van der Waals surface area contributed by atoms with Gasteiger partial charge in [0.25, 0.3) is 0 Å². The number of hydrogen-bond acceptors (Lipinski definition) is 1. The van der Waals surface area contributed by atoms with Crippen molar-refractivity contribution in [3.63, 3.8) is 0 Å². The summed E-state index contributed by atoms with van der Waals surface area (Å²) in [4.78, 5) is 10.5. The number of benzene rings is 1. The molecule has 0 unspecified atom stereocenters. The molecule has 0 saturated heterocycles. The fourth-order valence-electron chi connectivity index (χ4n) is 1.65. The minimum absolute atomic E-state index is 0.789. The second-order valence-corrected chi connectivity index (χ2v) is 3.95. The van der Waals surface area contributed by atoms with Crippen LogP contribution in [0.1, 0.15) is 34.3 Å². The van der Waals surface area contributed by atoms with Crippen molar-refractivity contribution in [1.29, 1.82) is 0 Å². The predicted octanol–water partition coefficient (Wildman–Crippen LogP) is 2.76. The Hall–Kier alpha value is -1.11. The molecule has 1 aromatic carbocycles. The van der Waals surface area contributed by atoms with Gasteiger partial charge in [0.15, 0.2) is 0 Å². The first-order valence-corrected chi connectivity index (χ1v) is 4.84.